The number of rotatable bonds is 5. The van der Waals surface area contributed by atoms with Crippen molar-refractivity contribution in [2.45, 2.75) is 32.6 Å². The van der Waals surface area contributed by atoms with Gasteiger partial charge in [0.05, 0.1) is 12.4 Å². The Kier molecular flexibility index (Phi) is 5.59. The lowest BCUT2D eigenvalue weighted by molar-refractivity contribution is -0.140. The van der Waals surface area contributed by atoms with Gasteiger partial charge in [-0.2, -0.15) is 13.2 Å². The third kappa shape index (κ3) is 4.38. The predicted molar refractivity (Wildman–Crippen MR) is 99.3 cm³/mol. The summed E-state index contributed by atoms with van der Waals surface area (Å²) >= 11 is 0. The lowest BCUT2D eigenvalue weighted by atomic mass is 10.1. The van der Waals surface area contributed by atoms with Crippen LogP contribution in [0.3, 0.4) is 0 Å². The Bertz CT molecular complexity index is 973. The van der Waals surface area contributed by atoms with Crippen LogP contribution >= 0.6 is 0 Å². The highest BCUT2D eigenvalue weighted by atomic mass is 19.4. The summed E-state index contributed by atoms with van der Waals surface area (Å²) in [6.07, 6.45) is -1.67. The molecule has 0 aliphatic carbocycles. The van der Waals surface area contributed by atoms with Crippen LogP contribution in [0, 0.1) is 11.6 Å². The van der Waals surface area contributed by atoms with Gasteiger partial charge < -0.3 is 9.47 Å². The molecule has 0 unspecified atom stereocenters. The Morgan fingerprint density at radius 3 is 2.14 bits per heavy atom. The molecule has 0 aliphatic rings. The van der Waals surface area contributed by atoms with E-state index in [9.17, 15) is 22.0 Å². The number of alkyl halides is 3. The second-order valence-electron chi connectivity index (χ2n) is 6.95. The van der Waals surface area contributed by atoms with Crippen molar-refractivity contribution in [3.63, 3.8) is 0 Å². The first-order valence-electron chi connectivity index (χ1n) is 8.83. The molecule has 0 bridgehead atoms. The Hall–Kier alpha value is -2.97. The van der Waals surface area contributed by atoms with Crippen LogP contribution in [0.15, 0.2) is 42.9 Å². The SMILES string of the molecule is CC(C)n1cc(C(F)(F)F)nc1-c1ccc(CN(C)c2c(F)cncc2F)cc1. The van der Waals surface area contributed by atoms with Gasteiger partial charge in [0.25, 0.3) is 0 Å². The molecule has 29 heavy (non-hydrogen) atoms. The van der Waals surface area contributed by atoms with Crippen LogP contribution in [0.25, 0.3) is 11.4 Å². The third-order valence-electron chi connectivity index (χ3n) is 4.42. The van der Waals surface area contributed by atoms with E-state index < -0.39 is 23.5 Å². The fourth-order valence-electron chi connectivity index (χ4n) is 3.02. The zero-order valence-electron chi connectivity index (χ0n) is 16.0. The van der Waals surface area contributed by atoms with Crippen molar-refractivity contribution in [3.8, 4) is 11.4 Å². The standard InChI is InChI=1S/C20H19F5N4/c1-12(2)29-11-17(20(23,24)25)27-19(29)14-6-4-13(5-7-14)10-28(3)18-15(21)8-26-9-16(18)22/h4-9,11-12H,10H2,1-3H3. The molecular weight excluding hydrogens is 391 g/mol. The Morgan fingerprint density at radius 1 is 1.03 bits per heavy atom. The molecule has 0 spiro atoms. The zero-order valence-corrected chi connectivity index (χ0v) is 16.0. The van der Waals surface area contributed by atoms with Gasteiger partial charge in [-0.05, 0) is 19.4 Å². The average molecular weight is 410 g/mol. The molecule has 0 saturated carbocycles. The van der Waals surface area contributed by atoms with Gasteiger partial charge in [0.15, 0.2) is 17.3 Å². The van der Waals surface area contributed by atoms with E-state index in [0.29, 0.717) is 5.56 Å². The van der Waals surface area contributed by atoms with Crippen LogP contribution in [0.5, 0.6) is 0 Å². The number of hydrogen-bond acceptors (Lipinski definition) is 3. The Labute approximate surface area is 164 Å². The molecule has 3 rings (SSSR count). The molecule has 1 aromatic carbocycles. The first kappa shape index (κ1) is 20.8. The largest absolute Gasteiger partial charge is 0.434 e. The molecule has 2 heterocycles. The number of halogens is 5. The van der Waals surface area contributed by atoms with E-state index in [1.54, 1.807) is 38.1 Å². The van der Waals surface area contributed by atoms with Crippen molar-refractivity contribution in [1.29, 1.82) is 0 Å². The number of hydrogen-bond donors (Lipinski definition) is 0. The molecule has 0 N–H and O–H groups in total. The van der Waals surface area contributed by atoms with Gasteiger partial charge in [0.2, 0.25) is 0 Å². The maximum absolute atomic E-state index is 13.9. The first-order chi connectivity index (χ1) is 13.6. The average Bonchev–Trinajstić information content (AvgIpc) is 3.08. The number of anilines is 1. The van der Waals surface area contributed by atoms with Gasteiger partial charge in [0.1, 0.15) is 11.5 Å². The van der Waals surface area contributed by atoms with Gasteiger partial charge in [-0.15, -0.1) is 0 Å². The number of imidazole rings is 1. The summed E-state index contributed by atoms with van der Waals surface area (Å²) < 4.78 is 68.3. The second kappa shape index (κ2) is 7.81. The van der Waals surface area contributed by atoms with E-state index in [2.05, 4.69) is 9.97 Å². The summed E-state index contributed by atoms with van der Waals surface area (Å²) in [7, 11) is 1.54. The summed E-state index contributed by atoms with van der Waals surface area (Å²) in [6, 6.07) is 6.45. The van der Waals surface area contributed by atoms with E-state index in [4.69, 9.17) is 0 Å². The fourth-order valence-corrected chi connectivity index (χ4v) is 3.02. The number of benzene rings is 1. The summed E-state index contributed by atoms with van der Waals surface area (Å²) in [5, 5.41) is 0. The zero-order chi connectivity index (χ0) is 21.3. The Balaban J connectivity index is 1.87. The first-order valence-corrected chi connectivity index (χ1v) is 8.83. The van der Waals surface area contributed by atoms with Crippen molar-refractivity contribution in [3.05, 3.63) is 65.7 Å². The van der Waals surface area contributed by atoms with E-state index in [1.165, 1.54) is 16.5 Å². The van der Waals surface area contributed by atoms with Crippen LogP contribution in [0.4, 0.5) is 27.6 Å². The van der Waals surface area contributed by atoms with Crippen molar-refractivity contribution >= 4 is 5.69 Å². The molecule has 4 nitrogen and oxygen atoms in total. The minimum Gasteiger partial charge on any atom is -0.365 e. The van der Waals surface area contributed by atoms with E-state index >= 15 is 0 Å². The van der Waals surface area contributed by atoms with Crippen LogP contribution < -0.4 is 4.90 Å². The van der Waals surface area contributed by atoms with Gasteiger partial charge in [-0.25, -0.2) is 13.8 Å². The molecule has 0 saturated heterocycles. The van der Waals surface area contributed by atoms with Crippen molar-refractivity contribution in [2.24, 2.45) is 0 Å². The monoisotopic (exact) mass is 410 g/mol. The summed E-state index contributed by atoms with van der Waals surface area (Å²) in [5.41, 5.74) is 0.0929. The van der Waals surface area contributed by atoms with Crippen LogP contribution in [-0.2, 0) is 12.7 Å². The van der Waals surface area contributed by atoms with Crippen LogP contribution in [0.1, 0.15) is 31.1 Å². The molecule has 3 aromatic rings. The van der Waals surface area contributed by atoms with Crippen molar-refractivity contribution < 1.29 is 22.0 Å². The number of pyridine rings is 1. The topological polar surface area (TPSA) is 34.0 Å². The Morgan fingerprint density at radius 2 is 1.62 bits per heavy atom. The highest BCUT2D eigenvalue weighted by Crippen LogP contribution is 2.32. The van der Waals surface area contributed by atoms with E-state index in [-0.39, 0.29) is 24.1 Å². The lowest BCUT2D eigenvalue weighted by Gasteiger charge is -2.20. The molecule has 0 amide bonds. The molecule has 0 atom stereocenters. The minimum absolute atomic E-state index is 0.199. The van der Waals surface area contributed by atoms with E-state index in [0.717, 1.165) is 24.2 Å². The van der Waals surface area contributed by atoms with Crippen LogP contribution in [0.2, 0.25) is 0 Å². The van der Waals surface area contributed by atoms with Gasteiger partial charge in [-0.1, -0.05) is 24.3 Å². The van der Waals surface area contributed by atoms with Crippen molar-refractivity contribution in [1.82, 2.24) is 14.5 Å². The van der Waals surface area contributed by atoms with Gasteiger partial charge in [-0.3, -0.25) is 4.98 Å². The van der Waals surface area contributed by atoms with Crippen molar-refractivity contribution in [2.75, 3.05) is 11.9 Å². The summed E-state index contributed by atoms with van der Waals surface area (Å²) in [6.45, 7) is 3.74. The highest BCUT2D eigenvalue weighted by Gasteiger charge is 2.35. The minimum atomic E-state index is -4.53. The third-order valence-corrected chi connectivity index (χ3v) is 4.42. The molecular formula is C20H19F5N4. The maximum Gasteiger partial charge on any atom is 0.434 e. The quantitative estimate of drug-likeness (QED) is 0.524. The number of aromatic nitrogens is 3. The lowest BCUT2D eigenvalue weighted by Crippen LogP contribution is -2.19. The summed E-state index contributed by atoms with van der Waals surface area (Å²) in [4.78, 5) is 8.61. The molecule has 9 heteroatoms. The van der Waals surface area contributed by atoms with Gasteiger partial charge in [0, 0.05) is 31.4 Å². The molecule has 0 radical (unpaired) electrons. The fraction of sp³-hybridized carbons (Fsp3) is 0.300. The molecule has 0 aliphatic heterocycles. The normalized spacial score (nSPS) is 11.9. The number of nitrogens with zero attached hydrogens (tertiary/aromatic N) is 4. The second-order valence-corrected chi connectivity index (χ2v) is 6.95. The van der Waals surface area contributed by atoms with Gasteiger partial charge >= 0.3 is 6.18 Å². The smallest absolute Gasteiger partial charge is 0.365 e. The van der Waals surface area contributed by atoms with E-state index in [1.807, 2.05) is 0 Å². The molecule has 154 valence electrons. The van der Waals surface area contributed by atoms with Crippen LogP contribution in [-0.4, -0.2) is 21.6 Å². The predicted octanol–water partition coefficient (Wildman–Crippen LogP) is 5.46. The maximum atomic E-state index is 13.9. The molecule has 0 fully saturated rings. The molecule has 2 aromatic heterocycles. The summed E-state index contributed by atoms with van der Waals surface area (Å²) in [5.74, 6) is -1.34. The highest BCUT2D eigenvalue weighted by molar-refractivity contribution is 5.57.